The molecular formula is C12H19NO2S. The first kappa shape index (κ1) is 13.4. The molecule has 0 fully saturated rings. The number of aliphatic hydroxyl groups excluding tert-OH is 1. The molecule has 3 nitrogen and oxygen atoms in total. The van der Waals surface area contributed by atoms with Crippen LogP contribution in [0.5, 0.6) is 5.75 Å². The molecule has 0 saturated heterocycles. The third-order valence-electron chi connectivity index (χ3n) is 2.42. The van der Waals surface area contributed by atoms with Crippen molar-refractivity contribution in [1.29, 1.82) is 0 Å². The zero-order valence-corrected chi connectivity index (χ0v) is 10.3. The summed E-state index contributed by atoms with van der Waals surface area (Å²) < 4.78 is 0. The Bertz CT molecular complexity index is 301. The molecule has 16 heavy (non-hydrogen) atoms. The van der Waals surface area contributed by atoms with Crippen LogP contribution in [0.15, 0.2) is 24.3 Å². The van der Waals surface area contributed by atoms with E-state index in [2.05, 4.69) is 5.32 Å². The van der Waals surface area contributed by atoms with Gasteiger partial charge in [-0.25, -0.2) is 0 Å². The van der Waals surface area contributed by atoms with Crippen LogP contribution in [-0.4, -0.2) is 34.9 Å². The van der Waals surface area contributed by atoms with E-state index in [9.17, 15) is 5.11 Å². The first-order valence-electron chi connectivity index (χ1n) is 5.38. The average Bonchev–Trinajstić information content (AvgIpc) is 2.28. The lowest BCUT2D eigenvalue weighted by molar-refractivity contribution is 0.269. The first-order valence-corrected chi connectivity index (χ1v) is 6.77. The van der Waals surface area contributed by atoms with Crippen molar-refractivity contribution in [3.63, 3.8) is 0 Å². The number of thioether (sulfide) groups is 1. The molecule has 0 aliphatic heterocycles. The van der Waals surface area contributed by atoms with Gasteiger partial charge in [-0.1, -0.05) is 18.2 Å². The van der Waals surface area contributed by atoms with E-state index >= 15 is 0 Å². The fourth-order valence-electron chi connectivity index (χ4n) is 1.52. The van der Waals surface area contributed by atoms with Crippen LogP contribution in [0.1, 0.15) is 12.0 Å². The van der Waals surface area contributed by atoms with Gasteiger partial charge in [-0.3, -0.25) is 0 Å². The van der Waals surface area contributed by atoms with Gasteiger partial charge in [-0.05, 0) is 18.7 Å². The van der Waals surface area contributed by atoms with Gasteiger partial charge in [-0.15, -0.1) is 0 Å². The molecule has 1 atom stereocenters. The number of phenols is 1. The minimum absolute atomic E-state index is 0.193. The number of phenolic OH excluding ortho intramolecular Hbond substituents is 1. The van der Waals surface area contributed by atoms with E-state index in [1.807, 2.05) is 24.5 Å². The lowest BCUT2D eigenvalue weighted by Crippen LogP contribution is -2.31. The number of hydrogen-bond donors (Lipinski definition) is 3. The Labute approximate surface area is 101 Å². The lowest BCUT2D eigenvalue weighted by atomic mass is 10.2. The van der Waals surface area contributed by atoms with Gasteiger partial charge in [0.25, 0.3) is 0 Å². The van der Waals surface area contributed by atoms with Gasteiger partial charge < -0.3 is 15.5 Å². The third-order valence-corrected chi connectivity index (χ3v) is 3.15. The maximum atomic E-state index is 9.59. The van der Waals surface area contributed by atoms with Gasteiger partial charge in [0.15, 0.2) is 0 Å². The maximum absolute atomic E-state index is 9.59. The van der Waals surface area contributed by atoms with Crippen LogP contribution >= 0.6 is 11.8 Å². The number of hydrogen-bond acceptors (Lipinski definition) is 4. The molecule has 4 heteroatoms. The molecule has 0 aliphatic carbocycles. The van der Waals surface area contributed by atoms with Crippen molar-refractivity contribution in [2.75, 3.05) is 18.6 Å². The van der Waals surface area contributed by atoms with Crippen molar-refractivity contribution in [1.82, 2.24) is 5.32 Å². The molecule has 1 unspecified atom stereocenters. The molecule has 1 rings (SSSR count). The predicted molar refractivity (Wildman–Crippen MR) is 68.8 cm³/mol. The summed E-state index contributed by atoms with van der Waals surface area (Å²) in [5.41, 5.74) is 0.895. The summed E-state index contributed by atoms with van der Waals surface area (Å²) in [6.07, 6.45) is 2.79. The Morgan fingerprint density at radius 1 is 1.38 bits per heavy atom. The second kappa shape index (κ2) is 7.54. The van der Waals surface area contributed by atoms with Crippen molar-refractivity contribution < 1.29 is 10.2 Å². The summed E-state index contributed by atoms with van der Waals surface area (Å²) in [5, 5.41) is 21.8. The first-order chi connectivity index (χ1) is 7.77. The molecule has 0 aliphatic rings. The maximum Gasteiger partial charge on any atom is 0.120 e. The van der Waals surface area contributed by atoms with E-state index in [1.54, 1.807) is 17.8 Å². The highest BCUT2D eigenvalue weighted by Gasteiger charge is 2.07. The number of para-hydroxylation sites is 1. The summed E-state index contributed by atoms with van der Waals surface area (Å²) in [6, 6.07) is 7.60. The SMILES string of the molecule is CSCC(CCO)NCc1ccccc1O. The number of aliphatic hydroxyl groups is 1. The highest BCUT2D eigenvalue weighted by atomic mass is 32.2. The number of nitrogens with one attached hydrogen (secondary N) is 1. The normalized spacial score (nSPS) is 12.6. The van der Waals surface area contributed by atoms with Gasteiger partial charge >= 0.3 is 0 Å². The Morgan fingerprint density at radius 2 is 2.12 bits per heavy atom. The fraction of sp³-hybridized carbons (Fsp3) is 0.500. The Morgan fingerprint density at radius 3 is 2.75 bits per heavy atom. The highest BCUT2D eigenvalue weighted by Crippen LogP contribution is 2.15. The largest absolute Gasteiger partial charge is 0.508 e. The van der Waals surface area contributed by atoms with Crippen LogP contribution in [0, 0.1) is 0 Å². The molecule has 0 radical (unpaired) electrons. The van der Waals surface area contributed by atoms with Crippen LogP contribution in [0.2, 0.25) is 0 Å². The van der Waals surface area contributed by atoms with Crippen molar-refractivity contribution in [2.45, 2.75) is 19.0 Å². The smallest absolute Gasteiger partial charge is 0.120 e. The molecule has 1 aromatic carbocycles. The fourth-order valence-corrected chi connectivity index (χ4v) is 2.20. The van der Waals surface area contributed by atoms with Gasteiger partial charge in [0.2, 0.25) is 0 Å². The van der Waals surface area contributed by atoms with Gasteiger partial charge in [0, 0.05) is 30.5 Å². The highest BCUT2D eigenvalue weighted by molar-refractivity contribution is 7.98. The minimum Gasteiger partial charge on any atom is -0.508 e. The molecule has 0 heterocycles. The number of rotatable bonds is 7. The van der Waals surface area contributed by atoms with Crippen LogP contribution in [0.25, 0.3) is 0 Å². The molecule has 3 N–H and O–H groups in total. The standard InChI is InChI=1S/C12H19NO2S/c1-16-9-11(6-7-14)13-8-10-4-2-3-5-12(10)15/h2-5,11,13-15H,6-9H2,1H3. The van der Waals surface area contributed by atoms with Crippen molar-refractivity contribution in [3.05, 3.63) is 29.8 Å². The van der Waals surface area contributed by atoms with Crippen molar-refractivity contribution in [3.8, 4) is 5.75 Å². The van der Waals surface area contributed by atoms with E-state index in [4.69, 9.17) is 5.11 Å². The Kier molecular flexibility index (Phi) is 6.30. The molecule has 1 aromatic rings. The lowest BCUT2D eigenvalue weighted by Gasteiger charge is -2.17. The van der Waals surface area contributed by atoms with Crippen molar-refractivity contribution in [2.24, 2.45) is 0 Å². The second-order valence-electron chi connectivity index (χ2n) is 3.67. The second-order valence-corrected chi connectivity index (χ2v) is 4.58. The molecule has 0 saturated carbocycles. The van der Waals surface area contributed by atoms with E-state index in [0.717, 1.165) is 17.7 Å². The summed E-state index contributed by atoms with van der Waals surface area (Å²) in [6.45, 7) is 0.830. The third kappa shape index (κ3) is 4.43. The molecule has 0 aromatic heterocycles. The monoisotopic (exact) mass is 241 g/mol. The van der Waals surface area contributed by atoms with E-state index < -0.39 is 0 Å². The molecular weight excluding hydrogens is 222 g/mol. The molecule has 90 valence electrons. The zero-order valence-electron chi connectivity index (χ0n) is 9.52. The van der Waals surface area contributed by atoms with E-state index in [-0.39, 0.29) is 6.61 Å². The van der Waals surface area contributed by atoms with Crippen LogP contribution in [0.3, 0.4) is 0 Å². The summed E-state index contributed by atoms with van der Waals surface area (Å²) in [7, 11) is 0. The van der Waals surface area contributed by atoms with Crippen LogP contribution in [-0.2, 0) is 6.54 Å². The number of benzene rings is 1. The van der Waals surface area contributed by atoms with E-state index in [0.29, 0.717) is 18.3 Å². The minimum atomic E-state index is 0.193. The Hall–Kier alpha value is -0.710. The molecule has 0 spiro atoms. The zero-order chi connectivity index (χ0) is 11.8. The van der Waals surface area contributed by atoms with Crippen molar-refractivity contribution >= 4 is 11.8 Å². The summed E-state index contributed by atoms with van der Waals surface area (Å²) >= 11 is 1.75. The average molecular weight is 241 g/mol. The van der Waals surface area contributed by atoms with E-state index in [1.165, 1.54) is 0 Å². The predicted octanol–water partition coefficient (Wildman–Crippen LogP) is 1.60. The molecule has 0 amide bonds. The Balaban J connectivity index is 2.45. The van der Waals surface area contributed by atoms with Gasteiger partial charge in [0.1, 0.15) is 5.75 Å². The molecule has 0 bridgehead atoms. The van der Waals surface area contributed by atoms with Gasteiger partial charge in [0.05, 0.1) is 0 Å². The topological polar surface area (TPSA) is 52.5 Å². The van der Waals surface area contributed by atoms with Crippen LogP contribution in [0.4, 0.5) is 0 Å². The summed E-state index contributed by atoms with van der Waals surface area (Å²) in [5.74, 6) is 1.29. The number of aromatic hydroxyl groups is 1. The van der Waals surface area contributed by atoms with Gasteiger partial charge in [-0.2, -0.15) is 11.8 Å². The van der Waals surface area contributed by atoms with Crippen LogP contribution < -0.4 is 5.32 Å². The quantitative estimate of drug-likeness (QED) is 0.678. The summed E-state index contributed by atoms with van der Waals surface area (Å²) in [4.78, 5) is 0.